The first-order chi connectivity index (χ1) is 9.33. The largest absolute Gasteiger partial charge is 0.365 e. The van der Waals surface area contributed by atoms with Gasteiger partial charge in [0.1, 0.15) is 0 Å². The minimum atomic E-state index is 0.782. The second-order valence-electron chi connectivity index (χ2n) is 6.17. The van der Waals surface area contributed by atoms with Crippen molar-refractivity contribution in [2.45, 2.75) is 51.1 Å². The second kappa shape index (κ2) is 5.54. The highest BCUT2D eigenvalue weighted by molar-refractivity contribution is 5.56. The third-order valence-corrected chi connectivity index (χ3v) is 4.97. The van der Waals surface area contributed by atoms with Crippen LogP contribution >= 0.6 is 0 Å². The van der Waals surface area contributed by atoms with E-state index in [-0.39, 0.29) is 0 Å². The van der Waals surface area contributed by atoms with E-state index in [2.05, 4.69) is 48.5 Å². The molecule has 104 valence electrons. The van der Waals surface area contributed by atoms with Crippen LogP contribution in [0.2, 0.25) is 0 Å². The molecule has 2 atom stereocenters. The summed E-state index contributed by atoms with van der Waals surface area (Å²) < 4.78 is 0. The average molecular weight is 258 g/mol. The number of aryl methyl sites for hydroxylation is 1. The van der Waals surface area contributed by atoms with Crippen LogP contribution in [0.1, 0.15) is 38.2 Å². The Morgan fingerprint density at radius 3 is 2.47 bits per heavy atom. The van der Waals surface area contributed by atoms with Crippen molar-refractivity contribution in [3.63, 3.8) is 0 Å². The quantitative estimate of drug-likeness (QED) is 0.892. The first-order valence-electron chi connectivity index (χ1n) is 7.84. The molecule has 1 aromatic carbocycles. The average Bonchev–Trinajstić information content (AvgIpc) is 2.70. The SMILES string of the molecule is CCc1ccccc1N1C2CCC1CC(CNC)C2. The van der Waals surface area contributed by atoms with Crippen LogP contribution < -0.4 is 10.2 Å². The Morgan fingerprint density at radius 1 is 1.16 bits per heavy atom. The van der Waals surface area contributed by atoms with E-state index in [1.165, 1.54) is 43.5 Å². The van der Waals surface area contributed by atoms with Gasteiger partial charge in [-0.25, -0.2) is 0 Å². The lowest BCUT2D eigenvalue weighted by atomic mass is 9.89. The number of para-hydroxylation sites is 1. The van der Waals surface area contributed by atoms with E-state index in [1.807, 2.05) is 0 Å². The summed E-state index contributed by atoms with van der Waals surface area (Å²) in [5.74, 6) is 0.882. The van der Waals surface area contributed by atoms with Crippen molar-refractivity contribution in [2.24, 2.45) is 5.92 Å². The molecule has 0 amide bonds. The van der Waals surface area contributed by atoms with E-state index in [4.69, 9.17) is 0 Å². The van der Waals surface area contributed by atoms with Crippen molar-refractivity contribution in [2.75, 3.05) is 18.5 Å². The smallest absolute Gasteiger partial charge is 0.0403 e. The number of fused-ring (bicyclic) bond motifs is 2. The zero-order valence-corrected chi connectivity index (χ0v) is 12.2. The molecule has 19 heavy (non-hydrogen) atoms. The van der Waals surface area contributed by atoms with Gasteiger partial charge in [0.2, 0.25) is 0 Å². The van der Waals surface area contributed by atoms with Gasteiger partial charge in [0, 0.05) is 17.8 Å². The van der Waals surface area contributed by atoms with E-state index in [0.717, 1.165) is 24.4 Å². The first kappa shape index (κ1) is 13.0. The monoisotopic (exact) mass is 258 g/mol. The summed E-state index contributed by atoms with van der Waals surface area (Å²) in [6.45, 7) is 3.46. The number of nitrogens with one attached hydrogen (secondary N) is 1. The molecule has 2 saturated heterocycles. The van der Waals surface area contributed by atoms with E-state index in [1.54, 1.807) is 0 Å². The highest BCUT2D eigenvalue weighted by Gasteiger charge is 2.40. The van der Waals surface area contributed by atoms with Crippen LogP contribution in [-0.2, 0) is 6.42 Å². The lowest BCUT2D eigenvalue weighted by Crippen LogP contribution is -2.45. The van der Waals surface area contributed by atoms with E-state index in [0.29, 0.717) is 0 Å². The summed E-state index contributed by atoms with van der Waals surface area (Å²) in [7, 11) is 2.08. The number of anilines is 1. The van der Waals surface area contributed by atoms with Gasteiger partial charge in [0.25, 0.3) is 0 Å². The van der Waals surface area contributed by atoms with Crippen LogP contribution in [0.3, 0.4) is 0 Å². The Bertz CT molecular complexity index is 415. The van der Waals surface area contributed by atoms with Crippen molar-refractivity contribution in [1.29, 1.82) is 0 Å². The molecule has 0 spiro atoms. The normalized spacial score (nSPS) is 29.8. The van der Waals surface area contributed by atoms with Crippen LogP contribution in [-0.4, -0.2) is 25.7 Å². The molecule has 2 heterocycles. The molecular weight excluding hydrogens is 232 g/mol. The maximum Gasteiger partial charge on any atom is 0.0403 e. The van der Waals surface area contributed by atoms with Gasteiger partial charge in [0.05, 0.1) is 0 Å². The van der Waals surface area contributed by atoms with Crippen molar-refractivity contribution < 1.29 is 0 Å². The fourth-order valence-electron chi connectivity index (χ4n) is 4.20. The molecular formula is C17H26N2. The fourth-order valence-corrected chi connectivity index (χ4v) is 4.20. The Labute approximate surface area is 117 Å². The molecule has 2 bridgehead atoms. The number of nitrogens with zero attached hydrogens (tertiary/aromatic N) is 1. The zero-order chi connectivity index (χ0) is 13.2. The van der Waals surface area contributed by atoms with Crippen molar-refractivity contribution in [3.05, 3.63) is 29.8 Å². The molecule has 0 aromatic heterocycles. The molecule has 0 aliphatic carbocycles. The predicted octanol–water partition coefficient (Wildman–Crippen LogP) is 3.22. The van der Waals surface area contributed by atoms with Crippen LogP contribution in [0.15, 0.2) is 24.3 Å². The molecule has 2 unspecified atom stereocenters. The summed E-state index contributed by atoms with van der Waals surface area (Å²) in [5.41, 5.74) is 3.03. The Morgan fingerprint density at radius 2 is 1.84 bits per heavy atom. The van der Waals surface area contributed by atoms with E-state index < -0.39 is 0 Å². The van der Waals surface area contributed by atoms with Gasteiger partial charge in [-0.2, -0.15) is 0 Å². The van der Waals surface area contributed by atoms with Crippen molar-refractivity contribution in [3.8, 4) is 0 Å². The zero-order valence-electron chi connectivity index (χ0n) is 12.2. The number of benzene rings is 1. The number of hydrogen-bond donors (Lipinski definition) is 1. The van der Waals surface area contributed by atoms with Crippen LogP contribution in [0.25, 0.3) is 0 Å². The Balaban J connectivity index is 1.83. The van der Waals surface area contributed by atoms with Crippen LogP contribution in [0.5, 0.6) is 0 Å². The number of piperidine rings is 1. The van der Waals surface area contributed by atoms with Gasteiger partial charge < -0.3 is 10.2 Å². The third-order valence-electron chi connectivity index (χ3n) is 4.97. The molecule has 3 rings (SSSR count). The highest BCUT2D eigenvalue weighted by Crippen LogP contribution is 2.42. The molecule has 2 aliphatic rings. The van der Waals surface area contributed by atoms with Gasteiger partial charge >= 0.3 is 0 Å². The number of hydrogen-bond acceptors (Lipinski definition) is 2. The second-order valence-corrected chi connectivity index (χ2v) is 6.17. The summed E-state index contributed by atoms with van der Waals surface area (Å²) in [6.07, 6.45) is 6.67. The molecule has 2 nitrogen and oxygen atoms in total. The maximum atomic E-state index is 3.36. The molecule has 0 saturated carbocycles. The molecule has 2 fully saturated rings. The molecule has 0 radical (unpaired) electrons. The van der Waals surface area contributed by atoms with Crippen molar-refractivity contribution in [1.82, 2.24) is 5.32 Å². The lowest BCUT2D eigenvalue weighted by Gasteiger charge is -2.41. The molecule has 2 heteroatoms. The highest BCUT2D eigenvalue weighted by atomic mass is 15.2. The fraction of sp³-hybridized carbons (Fsp3) is 0.647. The third kappa shape index (κ3) is 2.38. The number of rotatable bonds is 4. The summed E-state index contributed by atoms with van der Waals surface area (Å²) in [5, 5.41) is 3.36. The lowest BCUT2D eigenvalue weighted by molar-refractivity contribution is 0.332. The maximum absolute atomic E-state index is 3.36. The van der Waals surface area contributed by atoms with Gasteiger partial charge in [-0.15, -0.1) is 0 Å². The van der Waals surface area contributed by atoms with E-state index in [9.17, 15) is 0 Å². The van der Waals surface area contributed by atoms with Gasteiger partial charge in [-0.1, -0.05) is 25.1 Å². The van der Waals surface area contributed by atoms with Gasteiger partial charge in [0.15, 0.2) is 0 Å². The molecule has 2 aliphatic heterocycles. The van der Waals surface area contributed by atoms with Gasteiger partial charge in [-0.3, -0.25) is 0 Å². The topological polar surface area (TPSA) is 15.3 Å². The molecule has 1 N–H and O–H groups in total. The minimum absolute atomic E-state index is 0.782. The summed E-state index contributed by atoms with van der Waals surface area (Å²) >= 11 is 0. The standard InChI is InChI=1S/C17H26N2/c1-3-14-6-4-5-7-17(14)19-15-8-9-16(19)11-13(10-15)12-18-2/h4-7,13,15-16,18H,3,8-12H2,1-2H3. The summed E-state index contributed by atoms with van der Waals surface area (Å²) in [6, 6.07) is 10.6. The molecule has 1 aromatic rings. The van der Waals surface area contributed by atoms with Crippen LogP contribution in [0.4, 0.5) is 5.69 Å². The first-order valence-corrected chi connectivity index (χ1v) is 7.84. The summed E-state index contributed by atoms with van der Waals surface area (Å²) in [4.78, 5) is 2.75. The Hall–Kier alpha value is -1.02. The van der Waals surface area contributed by atoms with Gasteiger partial charge in [-0.05, 0) is 63.2 Å². The predicted molar refractivity (Wildman–Crippen MR) is 81.8 cm³/mol. The van der Waals surface area contributed by atoms with E-state index >= 15 is 0 Å². The van der Waals surface area contributed by atoms with Crippen molar-refractivity contribution >= 4 is 5.69 Å². The van der Waals surface area contributed by atoms with Crippen LogP contribution in [0, 0.1) is 5.92 Å². The Kier molecular flexibility index (Phi) is 3.79. The minimum Gasteiger partial charge on any atom is -0.365 e.